The maximum atomic E-state index is 12.0. The number of anilines is 1. The van der Waals surface area contributed by atoms with Crippen molar-refractivity contribution in [3.8, 4) is 56.7 Å². The summed E-state index contributed by atoms with van der Waals surface area (Å²) in [5, 5.41) is 64.7. The minimum Gasteiger partial charge on any atom is -0.870 e. The molecule has 6 aromatic heterocycles. The number of ether oxygens (including phenoxy) is 2. The van der Waals surface area contributed by atoms with Gasteiger partial charge in [0.1, 0.15) is 5.78 Å². The van der Waals surface area contributed by atoms with Crippen LogP contribution in [0.25, 0.3) is 56.7 Å². The molecule has 95 heavy (non-hydrogen) atoms. The number of aliphatic hydroxyl groups is 1. The van der Waals surface area contributed by atoms with Crippen molar-refractivity contribution in [1.82, 2.24) is 60.4 Å². The summed E-state index contributed by atoms with van der Waals surface area (Å²) in [4.78, 5) is 63.7. The first-order valence-corrected chi connectivity index (χ1v) is 27.2. The SMILES string of the molecule is CC(=O)O.CCOC(=O)C(=O)CC(C)=O.CCOC(=O)c1cc(C)nn1-c1ccc(-c2ccccc2)nn1.CO.Cc1cc(C(=O)O)n(-c2ccc(-c3ccccc3)nn2)n1.Clc1ccc(-c2ccccc2)nn1.NN.NNc1ccc(-c2ccccc2)nn1.O.O.O.[Li+].[OH-]. The van der Waals surface area contributed by atoms with Gasteiger partial charge in [-0.05, 0) is 95.3 Å². The van der Waals surface area contributed by atoms with E-state index in [9.17, 15) is 24.0 Å². The molecule has 31 nitrogen and oxygen atoms in total. The van der Waals surface area contributed by atoms with Crippen molar-refractivity contribution in [2.45, 2.75) is 48.0 Å². The largest absolute Gasteiger partial charge is 1.00 e. The molecule has 0 radical (unpaired) electrons. The van der Waals surface area contributed by atoms with Crippen LogP contribution in [-0.2, 0) is 28.7 Å². The average molecular weight is 1330 g/mol. The van der Waals surface area contributed by atoms with Gasteiger partial charge in [0.15, 0.2) is 34.0 Å². The van der Waals surface area contributed by atoms with E-state index in [0.717, 1.165) is 59.1 Å². The van der Waals surface area contributed by atoms with E-state index in [-0.39, 0.29) is 65.3 Å². The van der Waals surface area contributed by atoms with E-state index in [0.29, 0.717) is 46.3 Å². The van der Waals surface area contributed by atoms with Crippen LogP contribution in [0.2, 0.25) is 5.15 Å². The van der Waals surface area contributed by atoms with E-state index in [1.165, 1.54) is 22.4 Å². The van der Waals surface area contributed by atoms with Gasteiger partial charge in [-0.2, -0.15) is 10.2 Å². The first-order chi connectivity index (χ1) is 43.4. The zero-order chi connectivity index (χ0) is 66.4. The number of nitrogen functional groups attached to an aromatic ring is 1. The van der Waals surface area contributed by atoms with Gasteiger partial charge in [-0.3, -0.25) is 26.1 Å². The molecular weight excluding hydrogens is 1250 g/mol. The standard InChI is InChI=1S/C17H16N4O2.C15H12N4O2.C10H7ClN2.C10H10N4.C7H10O4.C2H4O2.CH4O.Li.H4N2.4H2O/c1-3-23-17(22)15-11-12(2)20-21(15)16-10-9-14(18-19-16)13-7-5-4-6-8-13;1-10-9-13(15(20)21)19(18-10)14-8-7-12(16-17-14)11-5-3-2-4-6-11;11-10-7-6-9(12-13-10)8-4-2-1-3-5-8;11-12-10-7-6-9(13-14-10)8-4-2-1-3-5-8;1-3-11-7(10)6(9)4-5(2)8;1-2(3)4;1-2;;1-2;;;;/h4-11H,3H2,1-2H3;2-9H,1H3,(H,20,21);1-7H;1-7H,11H2,(H,12,14);3-4H2,1-2H3;1H3,(H,3,4);2H,1H3;;1-2H2;4*1H2/q;;;;;;;+1;;;;;/p-1. The van der Waals surface area contributed by atoms with Crippen molar-refractivity contribution in [1.29, 1.82) is 0 Å². The number of ketones is 2. The van der Waals surface area contributed by atoms with Crippen LogP contribution in [0, 0.1) is 13.8 Å². The molecule has 0 aliphatic carbocycles. The van der Waals surface area contributed by atoms with Gasteiger partial charge in [-0.25, -0.2) is 29.6 Å². The number of aliphatic carboxylic acids is 1. The molecule has 10 aromatic rings. The van der Waals surface area contributed by atoms with Crippen LogP contribution < -0.4 is 41.8 Å². The Balaban J connectivity index is -0.00000109. The predicted octanol–water partition coefficient (Wildman–Crippen LogP) is 2.35. The molecule has 500 valence electrons. The Kier molecular flexibility index (Phi) is 45.5. The Morgan fingerprint density at radius 1 is 0.505 bits per heavy atom. The van der Waals surface area contributed by atoms with Crippen LogP contribution in [0.1, 0.15) is 66.5 Å². The van der Waals surface area contributed by atoms with E-state index in [4.69, 9.17) is 42.3 Å². The second-order valence-corrected chi connectivity index (χ2v) is 17.8. The first kappa shape index (κ1) is 88.4. The summed E-state index contributed by atoms with van der Waals surface area (Å²) in [5.41, 5.74) is 11.3. The number of aromatic carboxylic acids is 1. The third kappa shape index (κ3) is 30.9. The van der Waals surface area contributed by atoms with Crippen LogP contribution >= 0.6 is 11.6 Å². The van der Waals surface area contributed by atoms with Crippen LogP contribution in [-0.4, -0.2) is 153 Å². The minimum atomic E-state index is -1.05. The zero-order valence-corrected chi connectivity index (χ0v) is 53.7. The molecule has 4 aromatic carbocycles. The maximum absolute atomic E-state index is 12.0. The normalized spacial score (nSPS) is 9.09. The Labute approximate surface area is 562 Å². The molecule has 0 fully saturated rings. The van der Waals surface area contributed by atoms with Crippen LogP contribution in [0.4, 0.5) is 5.82 Å². The van der Waals surface area contributed by atoms with Crippen molar-refractivity contribution in [3.63, 3.8) is 0 Å². The molecule has 0 bridgehead atoms. The molecule has 10 rings (SSSR count). The Hall–Kier alpha value is -10.8. The van der Waals surface area contributed by atoms with Crippen molar-refractivity contribution < 1.29 is 94.3 Å². The summed E-state index contributed by atoms with van der Waals surface area (Å²) in [6.45, 7) is 9.69. The molecule has 0 saturated heterocycles. The molecule has 0 atom stereocenters. The van der Waals surface area contributed by atoms with E-state index >= 15 is 0 Å². The molecule has 0 saturated carbocycles. The third-order valence-corrected chi connectivity index (χ3v) is 10.9. The van der Waals surface area contributed by atoms with Crippen molar-refractivity contribution in [3.05, 3.63) is 210 Å². The van der Waals surface area contributed by atoms with E-state index in [1.54, 1.807) is 57.2 Å². The molecule has 0 aliphatic heterocycles. The smallest absolute Gasteiger partial charge is 0.870 e. The average Bonchev–Trinajstić information content (AvgIpc) is 1.76. The summed E-state index contributed by atoms with van der Waals surface area (Å²) < 4.78 is 12.1. The van der Waals surface area contributed by atoms with Crippen molar-refractivity contribution in [2.75, 3.05) is 25.7 Å². The quantitative estimate of drug-likeness (QED) is 0.0205. The Bertz CT molecular complexity index is 3770. The van der Waals surface area contributed by atoms with Crippen molar-refractivity contribution >= 4 is 52.9 Å². The fourth-order valence-corrected chi connectivity index (χ4v) is 7.11. The van der Waals surface area contributed by atoms with Gasteiger partial charge in [0, 0.05) is 36.3 Å². The Morgan fingerprint density at radius 3 is 1.14 bits per heavy atom. The number of carboxylic acid groups (broad SMARTS) is 2. The Morgan fingerprint density at radius 2 is 0.842 bits per heavy atom. The summed E-state index contributed by atoms with van der Waals surface area (Å²) in [7, 11) is 1.00. The number of hydrogen-bond donors (Lipinski definition) is 7. The number of hydrazine groups is 2. The third-order valence-electron chi connectivity index (χ3n) is 10.7. The number of aliphatic hydroxyl groups excluding tert-OH is 1. The van der Waals surface area contributed by atoms with Crippen LogP contribution in [0.5, 0.6) is 0 Å². The molecule has 17 N–H and O–H groups in total. The van der Waals surface area contributed by atoms with Crippen LogP contribution in [0.15, 0.2) is 182 Å². The van der Waals surface area contributed by atoms with E-state index in [1.807, 2.05) is 146 Å². The number of rotatable bonds is 14. The number of carbonyl (C=O) groups excluding carboxylic acids is 4. The molecule has 0 amide bonds. The number of carboxylic acids is 2. The first-order valence-electron chi connectivity index (χ1n) is 26.8. The van der Waals surface area contributed by atoms with E-state index in [2.05, 4.69) is 72.8 Å². The summed E-state index contributed by atoms with van der Waals surface area (Å²) in [5.74, 6) is 10.2. The number of aromatic nitrogens is 12. The van der Waals surface area contributed by atoms with Gasteiger partial charge in [-0.15, -0.1) is 40.8 Å². The molecule has 0 aliphatic rings. The van der Waals surface area contributed by atoms with Gasteiger partial charge >= 0.3 is 36.8 Å². The number of nitrogens with one attached hydrogen (secondary N) is 1. The van der Waals surface area contributed by atoms with Gasteiger partial charge < -0.3 is 52.1 Å². The number of benzene rings is 4. The maximum Gasteiger partial charge on any atom is 1.00 e. The van der Waals surface area contributed by atoms with Gasteiger partial charge in [0.2, 0.25) is 5.78 Å². The summed E-state index contributed by atoms with van der Waals surface area (Å²) in [6.07, 6.45) is -0.362. The number of nitrogens with two attached hydrogens (primary N) is 3. The van der Waals surface area contributed by atoms with Gasteiger partial charge in [-0.1, -0.05) is 133 Å². The predicted molar refractivity (Wildman–Crippen MR) is 349 cm³/mol. The number of hydrogen-bond acceptors (Lipinski definition) is 24. The summed E-state index contributed by atoms with van der Waals surface area (Å²) in [6, 6.07) is 56.7. The van der Waals surface area contributed by atoms with Crippen molar-refractivity contribution in [2.24, 2.45) is 17.5 Å². The fourth-order valence-electron chi connectivity index (χ4n) is 7.01. The zero-order valence-electron chi connectivity index (χ0n) is 53.0. The number of aryl methyl sites for hydroxylation is 2. The van der Waals surface area contributed by atoms with Gasteiger partial charge in [0.25, 0.3) is 5.97 Å². The number of esters is 2. The van der Waals surface area contributed by atoms with Crippen LogP contribution in [0.3, 0.4) is 0 Å². The topological polar surface area (TPSA) is 535 Å². The fraction of sp³-hybridized carbons (Fsp3) is 0.161. The van der Waals surface area contributed by atoms with Gasteiger partial charge in [0.05, 0.1) is 53.8 Å². The molecule has 0 unspecified atom stereocenters. The molecule has 0 spiro atoms. The number of nitrogens with zero attached hydrogens (tertiary/aromatic N) is 12. The second-order valence-electron chi connectivity index (χ2n) is 17.4. The van der Waals surface area contributed by atoms with E-state index < -0.39 is 29.7 Å². The number of carbonyl (C=O) groups is 6. The molecule has 6 heterocycles. The number of Topliss-reactive ketones (excluding diaryl/α,β-unsaturated/α-hetero) is 2. The number of halogens is 1. The second kappa shape index (κ2) is 48.9. The molecule has 33 heteroatoms. The minimum absolute atomic E-state index is 0. The molecular formula is C62H74ClLiN16O15. The summed E-state index contributed by atoms with van der Waals surface area (Å²) >= 11 is 5.63. The monoisotopic (exact) mass is 1320 g/mol.